The van der Waals surface area contributed by atoms with E-state index in [1.165, 1.54) is 7.11 Å². The van der Waals surface area contributed by atoms with Crippen LogP contribution in [-0.2, 0) is 9.53 Å². The molecule has 1 rings (SSSR count). The van der Waals surface area contributed by atoms with E-state index in [0.717, 1.165) is 0 Å². The molecular formula is C12H15Cl4NO2. The molecule has 7 heteroatoms. The first-order valence-electron chi connectivity index (χ1n) is 5.20. The predicted molar refractivity (Wildman–Crippen MR) is 81.4 cm³/mol. The first kappa shape index (κ1) is 18.8. The first-order chi connectivity index (χ1) is 8.23. The Balaban J connectivity index is 0.00000324. The van der Waals surface area contributed by atoms with Gasteiger partial charge >= 0.3 is 5.97 Å². The molecule has 1 aromatic rings. The molecule has 3 nitrogen and oxygen atoms in total. The van der Waals surface area contributed by atoms with Crippen molar-refractivity contribution in [2.45, 2.75) is 19.9 Å². The van der Waals surface area contributed by atoms with Crippen molar-refractivity contribution in [3.8, 4) is 0 Å². The van der Waals surface area contributed by atoms with Crippen LogP contribution in [0, 0.1) is 5.41 Å². The van der Waals surface area contributed by atoms with Crippen LogP contribution in [0.25, 0.3) is 0 Å². The van der Waals surface area contributed by atoms with Crippen LogP contribution < -0.4 is 5.73 Å². The van der Waals surface area contributed by atoms with Gasteiger partial charge in [0.05, 0.1) is 22.6 Å². The van der Waals surface area contributed by atoms with Crippen molar-refractivity contribution in [2.24, 2.45) is 11.1 Å². The highest BCUT2D eigenvalue weighted by molar-refractivity contribution is 6.44. The molecule has 0 bridgehead atoms. The number of nitrogens with two attached hydrogens (primary N) is 1. The van der Waals surface area contributed by atoms with Crippen molar-refractivity contribution in [3.05, 3.63) is 32.8 Å². The van der Waals surface area contributed by atoms with Gasteiger partial charge in [-0.3, -0.25) is 4.79 Å². The fourth-order valence-electron chi connectivity index (χ4n) is 1.58. The van der Waals surface area contributed by atoms with Crippen LogP contribution >= 0.6 is 47.2 Å². The van der Waals surface area contributed by atoms with Crippen LogP contribution in [0.3, 0.4) is 0 Å². The van der Waals surface area contributed by atoms with Gasteiger partial charge in [-0.2, -0.15) is 0 Å². The fourth-order valence-corrected chi connectivity index (χ4v) is 2.35. The van der Waals surface area contributed by atoms with E-state index >= 15 is 0 Å². The molecule has 0 aliphatic rings. The maximum atomic E-state index is 11.7. The molecule has 0 saturated carbocycles. The SMILES string of the molecule is COC(=O)C(C)(C)[C@H](N)c1c(Cl)ccc(Cl)c1Cl.Cl. The second kappa shape index (κ2) is 7.00. The van der Waals surface area contributed by atoms with E-state index in [9.17, 15) is 4.79 Å². The van der Waals surface area contributed by atoms with Gasteiger partial charge in [0.25, 0.3) is 0 Å². The minimum Gasteiger partial charge on any atom is -0.469 e. The summed E-state index contributed by atoms with van der Waals surface area (Å²) in [5.41, 5.74) is 5.57. The molecule has 0 amide bonds. The van der Waals surface area contributed by atoms with Crippen molar-refractivity contribution in [1.82, 2.24) is 0 Å². The van der Waals surface area contributed by atoms with Crippen LogP contribution in [0.2, 0.25) is 15.1 Å². The Morgan fingerprint density at radius 1 is 1.26 bits per heavy atom. The molecule has 0 aliphatic carbocycles. The lowest BCUT2D eigenvalue weighted by atomic mass is 9.81. The molecule has 0 aromatic heterocycles. The Kier molecular flexibility index (Phi) is 6.93. The van der Waals surface area contributed by atoms with Crippen molar-refractivity contribution in [2.75, 3.05) is 7.11 Å². The highest BCUT2D eigenvalue weighted by atomic mass is 35.5. The summed E-state index contributed by atoms with van der Waals surface area (Å²) in [6, 6.07) is 2.45. The molecule has 0 radical (unpaired) electrons. The number of benzene rings is 1. The first-order valence-corrected chi connectivity index (χ1v) is 6.34. The molecule has 0 spiro atoms. The molecular weight excluding hydrogens is 332 g/mol. The Morgan fingerprint density at radius 2 is 1.74 bits per heavy atom. The van der Waals surface area contributed by atoms with E-state index < -0.39 is 17.4 Å². The molecule has 0 unspecified atom stereocenters. The van der Waals surface area contributed by atoms with E-state index in [2.05, 4.69) is 0 Å². The molecule has 1 atom stereocenters. The number of rotatable bonds is 3. The molecule has 0 heterocycles. The lowest BCUT2D eigenvalue weighted by Crippen LogP contribution is -2.37. The van der Waals surface area contributed by atoms with E-state index in [1.54, 1.807) is 26.0 Å². The van der Waals surface area contributed by atoms with Gasteiger partial charge in [0.15, 0.2) is 0 Å². The predicted octanol–water partition coefficient (Wildman–Crippen LogP) is 4.27. The highest BCUT2D eigenvalue weighted by Crippen LogP contribution is 2.42. The summed E-state index contributed by atoms with van der Waals surface area (Å²) < 4.78 is 4.73. The smallest absolute Gasteiger partial charge is 0.313 e. The van der Waals surface area contributed by atoms with E-state index in [4.69, 9.17) is 45.3 Å². The van der Waals surface area contributed by atoms with Crippen molar-refractivity contribution < 1.29 is 9.53 Å². The number of hydrogen-bond donors (Lipinski definition) is 1. The van der Waals surface area contributed by atoms with Gasteiger partial charge in [-0.05, 0) is 26.0 Å². The van der Waals surface area contributed by atoms with Gasteiger partial charge in [0.2, 0.25) is 0 Å². The third-order valence-electron chi connectivity index (χ3n) is 2.88. The van der Waals surface area contributed by atoms with E-state index in [1.807, 2.05) is 0 Å². The van der Waals surface area contributed by atoms with Crippen molar-refractivity contribution in [1.29, 1.82) is 0 Å². The topological polar surface area (TPSA) is 52.3 Å². The molecule has 108 valence electrons. The van der Waals surface area contributed by atoms with Crippen LogP contribution in [0.5, 0.6) is 0 Å². The number of ether oxygens (including phenoxy) is 1. The van der Waals surface area contributed by atoms with Gasteiger partial charge in [0.1, 0.15) is 0 Å². The van der Waals surface area contributed by atoms with Crippen LogP contribution in [0.1, 0.15) is 25.5 Å². The Bertz CT molecular complexity index is 477. The quantitative estimate of drug-likeness (QED) is 0.656. The van der Waals surface area contributed by atoms with E-state index in [0.29, 0.717) is 15.6 Å². The third-order valence-corrected chi connectivity index (χ3v) is 4.03. The second-order valence-corrected chi connectivity index (χ2v) is 5.64. The zero-order valence-electron chi connectivity index (χ0n) is 10.7. The van der Waals surface area contributed by atoms with Crippen LogP contribution in [0.4, 0.5) is 0 Å². The summed E-state index contributed by atoms with van der Waals surface area (Å²) in [6.45, 7) is 3.33. The fraction of sp³-hybridized carbons (Fsp3) is 0.417. The minimum atomic E-state index is -0.966. The van der Waals surface area contributed by atoms with Crippen molar-refractivity contribution in [3.63, 3.8) is 0 Å². The standard InChI is InChI=1S/C12H14Cl3NO2.ClH/c1-12(2,11(17)18-3)10(16)8-6(13)4-5-7(14)9(8)15;/h4-5,10H,16H2,1-3H3;1H/t10-;/m1./s1. The van der Waals surface area contributed by atoms with Gasteiger partial charge in [-0.25, -0.2) is 0 Å². The number of carbonyl (C=O) groups is 1. The Morgan fingerprint density at radius 3 is 2.21 bits per heavy atom. The number of halogens is 4. The summed E-state index contributed by atoms with van der Waals surface area (Å²) >= 11 is 18.1. The molecule has 0 aliphatic heterocycles. The lowest BCUT2D eigenvalue weighted by Gasteiger charge is -2.30. The van der Waals surface area contributed by atoms with Gasteiger partial charge in [-0.15, -0.1) is 12.4 Å². The average Bonchev–Trinajstić information content (AvgIpc) is 2.33. The zero-order chi connectivity index (χ0) is 14.1. The van der Waals surface area contributed by atoms with E-state index in [-0.39, 0.29) is 17.4 Å². The number of methoxy groups -OCH3 is 1. The zero-order valence-corrected chi connectivity index (χ0v) is 13.8. The molecule has 19 heavy (non-hydrogen) atoms. The highest BCUT2D eigenvalue weighted by Gasteiger charge is 2.38. The normalized spacial score (nSPS) is 12.6. The van der Waals surface area contributed by atoms with Crippen LogP contribution in [-0.4, -0.2) is 13.1 Å². The summed E-state index contributed by atoms with van der Waals surface area (Å²) in [7, 11) is 1.30. The van der Waals surface area contributed by atoms with Crippen molar-refractivity contribution >= 4 is 53.2 Å². The Labute approximate surface area is 133 Å². The third kappa shape index (κ3) is 3.67. The van der Waals surface area contributed by atoms with Gasteiger partial charge < -0.3 is 10.5 Å². The maximum Gasteiger partial charge on any atom is 0.313 e. The average molecular weight is 347 g/mol. The van der Waals surface area contributed by atoms with Crippen LogP contribution in [0.15, 0.2) is 12.1 Å². The largest absolute Gasteiger partial charge is 0.469 e. The minimum absolute atomic E-state index is 0. The summed E-state index contributed by atoms with van der Waals surface area (Å²) in [4.78, 5) is 11.7. The van der Waals surface area contributed by atoms with Gasteiger partial charge in [-0.1, -0.05) is 34.8 Å². The summed E-state index contributed by atoms with van der Waals surface area (Å²) in [5.74, 6) is -0.442. The maximum absolute atomic E-state index is 11.7. The number of carbonyl (C=O) groups excluding carboxylic acids is 1. The molecule has 2 N–H and O–H groups in total. The molecule has 0 fully saturated rings. The van der Waals surface area contributed by atoms with Gasteiger partial charge in [0, 0.05) is 16.6 Å². The second-order valence-electron chi connectivity index (χ2n) is 4.45. The Hall–Kier alpha value is -0.190. The lowest BCUT2D eigenvalue weighted by molar-refractivity contribution is -0.152. The molecule has 1 aromatic carbocycles. The number of hydrogen-bond acceptors (Lipinski definition) is 3. The number of esters is 1. The molecule has 0 saturated heterocycles. The monoisotopic (exact) mass is 345 g/mol. The summed E-state index contributed by atoms with van der Waals surface area (Å²) in [6.07, 6.45) is 0. The summed E-state index contributed by atoms with van der Waals surface area (Å²) in [5, 5.41) is 0.967.